The molecule has 61 heavy (non-hydrogen) atoms. The molecule has 16 nitrogen and oxygen atoms in total. The lowest BCUT2D eigenvalue weighted by atomic mass is 9.85. The lowest BCUT2D eigenvalue weighted by molar-refractivity contribution is -0.216. The Bertz CT molecular complexity index is 1290. The van der Waals surface area contributed by atoms with Crippen LogP contribution in [-0.2, 0) is 41.8 Å². The summed E-state index contributed by atoms with van der Waals surface area (Å²) in [5, 5.41) is 41.2. The molecule has 8 atom stereocenters. The maximum Gasteiger partial charge on any atom is 0.472 e. The number of rotatable bonds is 38. The van der Waals surface area contributed by atoms with Gasteiger partial charge in [-0.15, -0.1) is 0 Å². The van der Waals surface area contributed by atoms with Gasteiger partial charge in [0.15, 0.2) is 6.10 Å². The second-order valence-electron chi connectivity index (χ2n) is 16.1. The van der Waals surface area contributed by atoms with Gasteiger partial charge in [0, 0.05) is 12.8 Å². The minimum atomic E-state index is -5.36. The Balaban J connectivity index is 2.62. The number of esters is 2. The highest BCUT2D eigenvalue weighted by atomic mass is 31.2. The van der Waals surface area contributed by atoms with Crippen LogP contribution in [0, 0.1) is 0 Å². The highest BCUT2D eigenvalue weighted by Gasteiger charge is 2.54. The van der Waals surface area contributed by atoms with Crippen LogP contribution in [-0.4, -0.2) is 103 Å². The van der Waals surface area contributed by atoms with Crippen molar-refractivity contribution >= 4 is 27.6 Å². The van der Waals surface area contributed by atoms with Crippen LogP contribution in [0.5, 0.6) is 0 Å². The average Bonchev–Trinajstić information content (AvgIpc) is 3.21. The first-order valence-corrected chi connectivity index (χ1v) is 25.9. The highest BCUT2D eigenvalue weighted by Crippen LogP contribution is 2.49. The molecule has 358 valence electrons. The molecular weight excluding hydrogens is 834 g/mol. The van der Waals surface area contributed by atoms with Crippen molar-refractivity contribution in [1.82, 2.24) is 0 Å². The largest absolute Gasteiger partial charge is 0.472 e. The number of carbonyl (C=O) groups excluding carboxylic acids is 2. The van der Waals surface area contributed by atoms with E-state index in [0.29, 0.717) is 12.8 Å². The first-order valence-electron chi connectivity index (χ1n) is 22.9. The smallest absolute Gasteiger partial charge is 0.462 e. The van der Waals surface area contributed by atoms with Crippen LogP contribution in [0.15, 0.2) is 24.3 Å². The van der Waals surface area contributed by atoms with Crippen molar-refractivity contribution < 1.29 is 76.9 Å². The molecule has 1 fully saturated rings. The van der Waals surface area contributed by atoms with Crippen molar-refractivity contribution in [3.05, 3.63) is 24.3 Å². The van der Waals surface area contributed by atoms with Gasteiger partial charge in [0.1, 0.15) is 43.2 Å². The Morgan fingerprint density at radius 3 is 1.34 bits per heavy atom. The summed E-state index contributed by atoms with van der Waals surface area (Å²) in [5.74, 6) is -1.22. The maximum absolute atomic E-state index is 13.0. The number of carbonyl (C=O) groups is 2. The Hall–Kier alpha value is -1.52. The molecule has 0 radical (unpaired) electrons. The fourth-order valence-corrected chi connectivity index (χ4v) is 8.44. The van der Waals surface area contributed by atoms with Gasteiger partial charge in [-0.25, -0.2) is 9.13 Å². The number of phosphoric ester groups is 2. The summed E-state index contributed by atoms with van der Waals surface area (Å²) in [7, 11) is -10.7. The Morgan fingerprint density at radius 1 is 0.508 bits per heavy atom. The van der Waals surface area contributed by atoms with E-state index >= 15 is 0 Å². The zero-order valence-electron chi connectivity index (χ0n) is 36.8. The zero-order valence-corrected chi connectivity index (χ0v) is 38.6. The summed E-state index contributed by atoms with van der Waals surface area (Å²) in [4.78, 5) is 54.2. The molecule has 1 aliphatic rings. The van der Waals surface area contributed by atoms with E-state index in [2.05, 4.69) is 42.7 Å². The van der Waals surface area contributed by atoms with E-state index in [0.717, 1.165) is 89.9 Å². The van der Waals surface area contributed by atoms with Gasteiger partial charge < -0.3 is 44.6 Å². The topological polar surface area (TPSA) is 256 Å². The molecule has 0 spiro atoms. The highest BCUT2D eigenvalue weighted by molar-refractivity contribution is 7.47. The summed E-state index contributed by atoms with van der Waals surface area (Å²) in [6.07, 6.45) is 20.0. The Morgan fingerprint density at radius 2 is 0.902 bits per heavy atom. The van der Waals surface area contributed by atoms with Crippen LogP contribution in [0.1, 0.15) is 181 Å². The van der Waals surface area contributed by atoms with E-state index in [1.165, 1.54) is 51.4 Å². The SMILES string of the molecule is CCCCCCC=CCCCCCCCCCC(=O)O[C@H](COC(=O)CCCCCCCC=CCCCCCC)COP(=O)(O)O[C@H]1C(O)C(O)C(O)[C@@H](OP(=O)(O)O)C1O. The summed E-state index contributed by atoms with van der Waals surface area (Å²) in [6, 6.07) is 0. The second kappa shape index (κ2) is 34.8. The fraction of sp³-hybridized carbons (Fsp3) is 0.860. The first-order chi connectivity index (χ1) is 29.1. The molecule has 0 bridgehead atoms. The molecule has 0 aromatic carbocycles. The minimum Gasteiger partial charge on any atom is -0.462 e. The first kappa shape index (κ1) is 57.5. The van der Waals surface area contributed by atoms with Gasteiger partial charge in [-0.05, 0) is 64.2 Å². The van der Waals surface area contributed by atoms with Crippen LogP contribution in [0.3, 0.4) is 0 Å². The molecule has 0 saturated heterocycles. The summed E-state index contributed by atoms with van der Waals surface area (Å²) < 4.78 is 49.3. The van der Waals surface area contributed by atoms with Gasteiger partial charge in [0.25, 0.3) is 0 Å². The number of aliphatic hydroxyl groups is 4. The van der Waals surface area contributed by atoms with Gasteiger partial charge in [0.2, 0.25) is 0 Å². The van der Waals surface area contributed by atoms with Crippen molar-refractivity contribution in [3.8, 4) is 0 Å². The van der Waals surface area contributed by atoms with Gasteiger partial charge in [-0.2, -0.15) is 0 Å². The number of aliphatic hydroxyl groups excluding tert-OH is 4. The monoisotopic (exact) mass is 914 g/mol. The number of hydrogen-bond acceptors (Lipinski definition) is 13. The predicted octanol–water partition coefficient (Wildman–Crippen LogP) is 8.17. The van der Waals surface area contributed by atoms with Crippen LogP contribution in [0.25, 0.3) is 0 Å². The standard InChI is InChI=1S/C43H80O16P2/c1-3-5-7-9-11-13-15-17-18-20-22-24-26-28-30-32-37(45)57-35(33-55-36(44)31-29-27-25-23-21-19-16-14-12-10-8-6-4-2)34-56-61(53,54)59-43-40(48)38(46)39(47)42(41(43)49)58-60(50,51)52/h13-16,35,38-43,46-49H,3-12,17-34H2,1-2H3,(H,53,54)(H2,50,51,52)/t35-,38?,39?,40?,41?,42-,43+/m1/s1. The van der Waals surface area contributed by atoms with E-state index in [4.69, 9.17) is 28.3 Å². The third-order valence-corrected chi connectivity index (χ3v) is 12.0. The molecule has 0 aromatic rings. The molecule has 1 rings (SSSR count). The van der Waals surface area contributed by atoms with Crippen LogP contribution in [0.4, 0.5) is 0 Å². The number of ether oxygens (including phenoxy) is 2. The Labute approximate surface area is 364 Å². The number of hydrogen-bond donors (Lipinski definition) is 7. The van der Waals surface area contributed by atoms with E-state index in [1.807, 2.05) is 0 Å². The van der Waals surface area contributed by atoms with Gasteiger partial charge in [0.05, 0.1) is 6.61 Å². The van der Waals surface area contributed by atoms with Crippen molar-refractivity contribution in [2.24, 2.45) is 0 Å². The maximum atomic E-state index is 13.0. The summed E-state index contributed by atoms with van der Waals surface area (Å²) >= 11 is 0. The van der Waals surface area contributed by atoms with Crippen LogP contribution >= 0.6 is 15.6 Å². The van der Waals surface area contributed by atoms with Crippen molar-refractivity contribution in [2.75, 3.05) is 13.2 Å². The summed E-state index contributed by atoms with van der Waals surface area (Å²) in [5.41, 5.74) is 0. The van der Waals surface area contributed by atoms with Crippen molar-refractivity contribution in [1.29, 1.82) is 0 Å². The molecule has 5 unspecified atom stereocenters. The molecule has 0 aromatic heterocycles. The van der Waals surface area contributed by atoms with E-state index in [1.54, 1.807) is 0 Å². The van der Waals surface area contributed by atoms with E-state index < -0.39 is 83.5 Å². The fourth-order valence-electron chi connectivity index (χ4n) is 6.90. The van der Waals surface area contributed by atoms with Gasteiger partial charge >= 0.3 is 27.6 Å². The lowest BCUT2D eigenvalue weighted by Crippen LogP contribution is -2.64. The molecule has 1 aliphatic carbocycles. The molecule has 0 heterocycles. The molecule has 0 aliphatic heterocycles. The molecule has 7 N–H and O–H groups in total. The number of unbranched alkanes of at least 4 members (excludes halogenated alkanes) is 20. The molecule has 18 heteroatoms. The quantitative estimate of drug-likeness (QED) is 0.0133. The van der Waals surface area contributed by atoms with E-state index in [-0.39, 0.29) is 12.8 Å². The Kier molecular flexibility index (Phi) is 32.8. The van der Waals surface area contributed by atoms with Crippen molar-refractivity contribution in [2.45, 2.75) is 224 Å². The number of phosphoric acid groups is 2. The van der Waals surface area contributed by atoms with Crippen LogP contribution < -0.4 is 0 Å². The molecular formula is C43H80O16P2. The van der Waals surface area contributed by atoms with Crippen LogP contribution in [0.2, 0.25) is 0 Å². The minimum absolute atomic E-state index is 0.0389. The van der Waals surface area contributed by atoms with E-state index in [9.17, 15) is 44.0 Å². The van der Waals surface area contributed by atoms with Crippen molar-refractivity contribution in [3.63, 3.8) is 0 Å². The average molecular weight is 915 g/mol. The zero-order chi connectivity index (χ0) is 45.4. The normalized spacial score (nSPS) is 22.4. The third kappa shape index (κ3) is 29.5. The molecule has 1 saturated carbocycles. The predicted molar refractivity (Wildman–Crippen MR) is 232 cm³/mol. The second-order valence-corrected chi connectivity index (χ2v) is 18.7. The summed E-state index contributed by atoms with van der Waals surface area (Å²) in [6.45, 7) is 3.06. The molecule has 0 amide bonds. The third-order valence-electron chi connectivity index (χ3n) is 10.5. The number of allylic oxidation sites excluding steroid dienone is 4. The lowest BCUT2D eigenvalue weighted by Gasteiger charge is -2.43. The van der Waals surface area contributed by atoms with Gasteiger partial charge in [-0.1, -0.05) is 128 Å². The van der Waals surface area contributed by atoms with Gasteiger partial charge in [-0.3, -0.25) is 23.2 Å².